The summed E-state index contributed by atoms with van der Waals surface area (Å²) in [7, 11) is -2.66. The number of amides is 2. The Hall–Kier alpha value is -3.85. The molecule has 1 aliphatic rings. The van der Waals surface area contributed by atoms with E-state index < -0.39 is 27.9 Å². The highest BCUT2D eigenvalue weighted by atomic mass is 32.2. The maximum absolute atomic E-state index is 13.0. The molecule has 1 N–H and O–H groups in total. The number of fused-ring (bicyclic) bond motifs is 4. The van der Waals surface area contributed by atoms with Crippen molar-refractivity contribution in [3.05, 3.63) is 66.2 Å². The van der Waals surface area contributed by atoms with E-state index in [9.17, 15) is 18.0 Å². The van der Waals surface area contributed by atoms with Crippen LogP contribution in [0.25, 0.3) is 21.9 Å². The summed E-state index contributed by atoms with van der Waals surface area (Å²) in [5, 5.41) is 4.39. The van der Waals surface area contributed by atoms with Gasteiger partial charge in [-0.2, -0.15) is 0 Å². The highest BCUT2D eigenvalue weighted by Gasteiger charge is 2.45. The average Bonchev–Trinajstić information content (AvgIpc) is 3.24. The van der Waals surface area contributed by atoms with Crippen molar-refractivity contribution in [3.63, 3.8) is 0 Å². The average molecular weight is 450 g/mol. The first-order valence-corrected chi connectivity index (χ1v) is 11.2. The van der Waals surface area contributed by atoms with Crippen LogP contribution in [-0.4, -0.2) is 37.7 Å². The number of sulfonamides is 1. The van der Waals surface area contributed by atoms with Crippen LogP contribution in [0.4, 0.5) is 5.69 Å². The van der Waals surface area contributed by atoms with Crippen molar-refractivity contribution in [3.8, 4) is 5.75 Å². The summed E-state index contributed by atoms with van der Waals surface area (Å²) in [5.74, 6) is -1.03. The van der Waals surface area contributed by atoms with Crippen LogP contribution in [0.1, 0.15) is 17.3 Å². The number of furan rings is 1. The molecule has 1 aromatic heterocycles. The lowest BCUT2D eigenvalue weighted by molar-refractivity contribution is -0.118. The highest BCUT2D eigenvalue weighted by molar-refractivity contribution is 7.90. The molecule has 2 amide bonds. The van der Waals surface area contributed by atoms with Gasteiger partial charge < -0.3 is 14.5 Å². The van der Waals surface area contributed by atoms with E-state index in [-0.39, 0.29) is 10.5 Å². The molecule has 1 atom stereocenters. The number of ether oxygens (including phenoxy) is 1. The second-order valence-corrected chi connectivity index (χ2v) is 9.20. The Bertz CT molecular complexity index is 1520. The monoisotopic (exact) mass is 450 g/mol. The van der Waals surface area contributed by atoms with Crippen LogP contribution in [0.2, 0.25) is 0 Å². The van der Waals surface area contributed by atoms with Crippen molar-refractivity contribution in [2.75, 3.05) is 12.4 Å². The molecule has 0 aliphatic carbocycles. The van der Waals surface area contributed by atoms with E-state index in [0.717, 1.165) is 10.8 Å². The number of carbonyl (C=O) groups excluding carboxylic acids is 2. The lowest BCUT2D eigenvalue weighted by Crippen LogP contribution is -2.45. The predicted molar refractivity (Wildman–Crippen MR) is 118 cm³/mol. The van der Waals surface area contributed by atoms with Gasteiger partial charge in [0.15, 0.2) is 0 Å². The number of rotatable bonds is 4. The zero-order valence-electron chi connectivity index (χ0n) is 17.2. The smallest absolute Gasteiger partial charge is 0.269 e. The number of anilines is 1. The standard InChI is InChI=1S/C23H18N2O6S/c1-13(25-23(27)15-8-4-6-10-21(15)32(25,28)29)22(26)24-17-12-19-16(11-20(17)30-2)14-7-3-5-9-18(14)31-19/h3-13H,1-2H3,(H,24,26)/t13-/m0/s1. The molecule has 9 heteroatoms. The normalized spacial score (nSPS) is 15.7. The summed E-state index contributed by atoms with van der Waals surface area (Å²) in [6, 6.07) is 15.5. The Balaban J connectivity index is 1.50. The van der Waals surface area contributed by atoms with Gasteiger partial charge in [-0.05, 0) is 31.2 Å². The Labute approximate surface area is 183 Å². The van der Waals surface area contributed by atoms with Gasteiger partial charge in [-0.1, -0.05) is 30.3 Å². The zero-order valence-corrected chi connectivity index (χ0v) is 18.0. The fraction of sp³-hybridized carbons (Fsp3) is 0.130. The Kier molecular flexibility index (Phi) is 4.45. The molecule has 8 nitrogen and oxygen atoms in total. The largest absolute Gasteiger partial charge is 0.495 e. The Morgan fingerprint density at radius 1 is 1.03 bits per heavy atom. The van der Waals surface area contributed by atoms with E-state index in [2.05, 4.69) is 5.32 Å². The van der Waals surface area contributed by atoms with Gasteiger partial charge in [-0.3, -0.25) is 9.59 Å². The van der Waals surface area contributed by atoms with E-state index in [1.54, 1.807) is 18.2 Å². The van der Waals surface area contributed by atoms with Crippen LogP contribution in [-0.2, 0) is 14.8 Å². The minimum Gasteiger partial charge on any atom is -0.495 e. The number of nitrogens with one attached hydrogen (secondary N) is 1. The van der Waals surface area contributed by atoms with Crippen LogP contribution in [0.5, 0.6) is 5.75 Å². The number of nitrogens with zero attached hydrogens (tertiary/aromatic N) is 1. The fourth-order valence-corrected chi connectivity index (χ4v) is 5.67. The molecular weight excluding hydrogens is 432 g/mol. The first kappa shape index (κ1) is 20.1. The number of methoxy groups -OCH3 is 1. The topological polar surface area (TPSA) is 106 Å². The SMILES string of the molecule is COc1cc2c(cc1NC(=O)[C@H](C)N1C(=O)c3ccccc3S1(=O)=O)oc1ccccc12. The van der Waals surface area contributed by atoms with Gasteiger partial charge >= 0.3 is 0 Å². The maximum Gasteiger partial charge on any atom is 0.269 e. The quantitative estimate of drug-likeness (QED) is 0.507. The summed E-state index contributed by atoms with van der Waals surface area (Å²) in [5.41, 5.74) is 1.58. The van der Waals surface area contributed by atoms with Gasteiger partial charge in [0, 0.05) is 16.8 Å². The van der Waals surface area contributed by atoms with E-state index in [0.29, 0.717) is 26.9 Å². The van der Waals surface area contributed by atoms with Crippen LogP contribution in [0.15, 0.2) is 70.0 Å². The molecule has 162 valence electrons. The van der Waals surface area contributed by atoms with Gasteiger partial charge in [0.05, 0.1) is 18.4 Å². The molecule has 0 radical (unpaired) electrons. The molecular formula is C23H18N2O6S. The highest BCUT2D eigenvalue weighted by Crippen LogP contribution is 2.37. The van der Waals surface area contributed by atoms with Crippen molar-refractivity contribution in [2.45, 2.75) is 17.9 Å². The van der Waals surface area contributed by atoms with Gasteiger partial charge in [-0.15, -0.1) is 0 Å². The maximum atomic E-state index is 13.0. The molecule has 0 fully saturated rings. The van der Waals surface area contributed by atoms with Gasteiger partial charge in [0.1, 0.15) is 27.9 Å². The lowest BCUT2D eigenvalue weighted by Gasteiger charge is -2.22. The van der Waals surface area contributed by atoms with Crippen LogP contribution in [0, 0.1) is 0 Å². The third kappa shape index (κ3) is 2.85. The number of carbonyl (C=O) groups is 2. The summed E-state index contributed by atoms with van der Waals surface area (Å²) in [6.07, 6.45) is 0. The molecule has 4 aromatic rings. The molecule has 32 heavy (non-hydrogen) atoms. The lowest BCUT2D eigenvalue weighted by atomic mass is 10.1. The summed E-state index contributed by atoms with van der Waals surface area (Å²) >= 11 is 0. The minimum absolute atomic E-state index is 0.0495. The van der Waals surface area contributed by atoms with Crippen molar-refractivity contribution in [1.29, 1.82) is 0 Å². The number of para-hydroxylation sites is 1. The molecule has 0 unspecified atom stereocenters. The molecule has 3 aromatic carbocycles. The van der Waals surface area contributed by atoms with Crippen LogP contribution < -0.4 is 10.1 Å². The molecule has 2 heterocycles. The second-order valence-electron chi connectivity index (χ2n) is 7.41. The summed E-state index contributed by atoms with van der Waals surface area (Å²) in [4.78, 5) is 25.6. The first-order valence-electron chi connectivity index (χ1n) is 9.81. The van der Waals surface area contributed by atoms with Crippen molar-refractivity contribution >= 4 is 49.5 Å². The van der Waals surface area contributed by atoms with E-state index in [4.69, 9.17) is 9.15 Å². The minimum atomic E-state index is -4.13. The molecule has 0 saturated heterocycles. The number of hydrogen-bond acceptors (Lipinski definition) is 6. The fourth-order valence-electron chi connectivity index (χ4n) is 3.95. The molecule has 0 bridgehead atoms. The number of benzene rings is 3. The molecule has 0 spiro atoms. The van der Waals surface area contributed by atoms with Crippen LogP contribution >= 0.6 is 0 Å². The summed E-state index contributed by atoms with van der Waals surface area (Å²) in [6.45, 7) is 1.36. The molecule has 1 aliphatic heterocycles. The van der Waals surface area contributed by atoms with Crippen LogP contribution in [0.3, 0.4) is 0 Å². The summed E-state index contributed by atoms with van der Waals surface area (Å²) < 4.78 is 37.7. The third-order valence-electron chi connectivity index (χ3n) is 5.54. The van der Waals surface area contributed by atoms with Crippen molar-refractivity contribution in [1.82, 2.24) is 4.31 Å². The van der Waals surface area contributed by atoms with Crippen molar-refractivity contribution in [2.24, 2.45) is 0 Å². The van der Waals surface area contributed by atoms with Gasteiger partial charge in [0.25, 0.3) is 15.9 Å². The van der Waals surface area contributed by atoms with Gasteiger partial charge in [0.2, 0.25) is 5.91 Å². The Morgan fingerprint density at radius 2 is 1.75 bits per heavy atom. The third-order valence-corrected chi connectivity index (χ3v) is 7.45. The van der Waals surface area contributed by atoms with Crippen molar-refractivity contribution < 1.29 is 27.2 Å². The van der Waals surface area contributed by atoms with E-state index in [1.807, 2.05) is 24.3 Å². The molecule has 5 rings (SSSR count). The molecule has 0 saturated carbocycles. The first-order chi connectivity index (χ1) is 15.3. The number of hydrogen-bond donors (Lipinski definition) is 1. The second kappa shape index (κ2) is 7.10. The Morgan fingerprint density at radius 3 is 2.50 bits per heavy atom. The van der Waals surface area contributed by atoms with Gasteiger partial charge in [-0.25, -0.2) is 12.7 Å². The van der Waals surface area contributed by atoms with E-state index in [1.165, 1.54) is 32.2 Å². The van der Waals surface area contributed by atoms with E-state index >= 15 is 0 Å². The predicted octanol–water partition coefficient (Wildman–Crippen LogP) is 3.77. The zero-order chi connectivity index (χ0) is 22.6.